The molecule has 0 amide bonds. The van der Waals surface area contributed by atoms with E-state index in [1.165, 1.54) is 21.3 Å². The van der Waals surface area contributed by atoms with Gasteiger partial charge >= 0.3 is 0 Å². The van der Waals surface area contributed by atoms with Crippen LogP contribution in [0.2, 0.25) is 0 Å². The van der Waals surface area contributed by atoms with Gasteiger partial charge in [-0.3, -0.25) is 4.68 Å². The molecule has 0 saturated carbocycles. The molecule has 0 saturated heterocycles. The van der Waals surface area contributed by atoms with Gasteiger partial charge in [-0.15, -0.1) is 11.3 Å². The third kappa shape index (κ3) is 2.61. The van der Waals surface area contributed by atoms with Crippen LogP contribution in [0.15, 0.2) is 35.7 Å². The van der Waals surface area contributed by atoms with Crippen LogP contribution in [0.5, 0.6) is 0 Å². The van der Waals surface area contributed by atoms with E-state index < -0.39 is 0 Å². The van der Waals surface area contributed by atoms with Crippen molar-refractivity contribution in [2.75, 3.05) is 6.54 Å². The van der Waals surface area contributed by atoms with Gasteiger partial charge in [-0.1, -0.05) is 25.1 Å². The summed E-state index contributed by atoms with van der Waals surface area (Å²) in [6.07, 6.45) is 0. The van der Waals surface area contributed by atoms with Crippen LogP contribution in [0.25, 0.3) is 10.1 Å². The molecule has 0 radical (unpaired) electrons. The molecule has 1 aromatic carbocycles. The molecule has 2 aromatic heterocycles. The third-order valence-corrected chi connectivity index (χ3v) is 4.74. The summed E-state index contributed by atoms with van der Waals surface area (Å²) in [7, 11) is 0. The summed E-state index contributed by atoms with van der Waals surface area (Å²) in [6, 6.07) is 11.1. The van der Waals surface area contributed by atoms with E-state index in [1.54, 1.807) is 0 Å². The molecule has 4 heteroatoms. The number of benzene rings is 1. The van der Waals surface area contributed by atoms with E-state index in [0.29, 0.717) is 0 Å². The first-order chi connectivity index (χ1) is 10.2. The average Bonchev–Trinajstić information content (AvgIpc) is 3.10. The zero-order chi connectivity index (χ0) is 14.8. The zero-order valence-corrected chi connectivity index (χ0v) is 13.6. The summed E-state index contributed by atoms with van der Waals surface area (Å²) in [6.45, 7) is 8.18. The van der Waals surface area contributed by atoms with Crippen molar-refractivity contribution in [2.24, 2.45) is 0 Å². The van der Waals surface area contributed by atoms with E-state index in [1.807, 2.05) is 11.3 Å². The van der Waals surface area contributed by atoms with Gasteiger partial charge in [-0.25, -0.2) is 0 Å². The van der Waals surface area contributed by atoms with Crippen LogP contribution >= 0.6 is 11.3 Å². The van der Waals surface area contributed by atoms with E-state index in [-0.39, 0.29) is 6.04 Å². The van der Waals surface area contributed by atoms with Crippen molar-refractivity contribution in [2.45, 2.75) is 33.4 Å². The number of thiophene rings is 1. The minimum absolute atomic E-state index is 0.193. The van der Waals surface area contributed by atoms with Crippen molar-refractivity contribution in [3.63, 3.8) is 0 Å². The largest absolute Gasteiger partial charge is 0.305 e. The first-order valence-electron chi connectivity index (χ1n) is 7.48. The fourth-order valence-corrected chi connectivity index (χ4v) is 3.82. The second kappa shape index (κ2) is 6.00. The highest BCUT2D eigenvalue weighted by molar-refractivity contribution is 7.17. The number of nitrogens with zero attached hydrogens (tertiary/aromatic N) is 2. The number of nitrogens with one attached hydrogen (secondary N) is 1. The van der Waals surface area contributed by atoms with Crippen LogP contribution in [0.1, 0.15) is 36.8 Å². The highest BCUT2D eigenvalue weighted by Gasteiger charge is 2.20. The number of rotatable bonds is 5. The topological polar surface area (TPSA) is 29.9 Å². The fraction of sp³-hybridized carbons (Fsp3) is 0.353. The van der Waals surface area contributed by atoms with E-state index in [9.17, 15) is 0 Å². The molecule has 1 N–H and O–H groups in total. The lowest BCUT2D eigenvalue weighted by Gasteiger charge is -2.20. The quantitative estimate of drug-likeness (QED) is 0.768. The Hall–Kier alpha value is -1.65. The smallest absolute Gasteiger partial charge is 0.0762 e. The number of aryl methyl sites for hydroxylation is 2. The maximum atomic E-state index is 4.61. The Bertz CT molecular complexity index is 741. The summed E-state index contributed by atoms with van der Waals surface area (Å²) in [5.74, 6) is 0. The monoisotopic (exact) mass is 299 g/mol. The van der Waals surface area contributed by atoms with Crippen LogP contribution in [0, 0.1) is 6.92 Å². The predicted octanol–water partition coefficient (Wildman–Crippen LogP) is 4.13. The maximum absolute atomic E-state index is 4.61. The molecule has 0 fully saturated rings. The van der Waals surface area contributed by atoms with Crippen LogP contribution in [0.4, 0.5) is 0 Å². The highest BCUT2D eigenvalue weighted by atomic mass is 32.1. The lowest BCUT2D eigenvalue weighted by atomic mass is 10.0. The molecule has 0 aliphatic rings. The second-order valence-electron chi connectivity index (χ2n) is 5.20. The molecule has 21 heavy (non-hydrogen) atoms. The molecule has 3 aromatic rings. The molecule has 0 spiro atoms. The Morgan fingerprint density at radius 3 is 2.90 bits per heavy atom. The summed E-state index contributed by atoms with van der Waals surface area (Å²) in [4.78, 5) is 0. The zero-order valence-electron chi connectivity index (χ0n) is 12.8. The van der Waals surface area contributed by atoms with Gasteiger partial charge in [-0.2, -0.15) is 5.10 Å². The molecule has 2 heterocycles. The van der Waals surface area contributed by atoms with Crippen LogP contribution in [-0.2, 0) is 6.54 Å². The molecule has 1 unspecified atom stereocenters. The Morgan fingerprint density at radius 2 is 2.14 bits per heavy atom. The first-order valence-corrected chi connectivity index (χ1v) is 8.36. The van der Waals surface area contributed by atoms with Crippen molar-refractivity contribution in [1.29, 1.82) is 0 Å². The van der Waals surface area contributed by atoms with Gasteiger partial charge in [0.05, 0.1) is 17.4 Å². The minimum atomic E-state index is 0.193. The van der Waals surface area contributed by atoms with Gasteiger partial charge < -0.3 is 5.32 Å². The molecule has 0 aliphatic carbocycles. The van der Waals surface area contributed by atoms with Crippen molar-refractivity contribution in [3.8, 4) is 0 Å². The van der Waals surface area contributed by atoms with Crippen molar-refractivity contribution in [1.82, 2.24) is 15.1 Å². The van der Waals surface area contributed by atoms with Gasteiger partial charge in [0.1, 0.15) is 0 Å². The Morgan fingerprint density at radius 1 is 1.29 bits per heavy atom. The molecule has 3 rings (SSSR count). The Labute approximate surface area is 129 Å². The predicted molar refractivity (Wildman–Crippen MR) is 90.0 cm³/mol. The fourth-order valence-electron chi connectivity index (χ4n) is 2.87. The highest BCUT2D eigenvalue weighted by Crippen LogP contribution is 2.32. The Balaban J connectivity index is 2.15. The number of aromatic nitrogens is 2. The average molecular weight is 299 g/mol. The number of hydrogen-bond acceptors (Lipinski definition) is 3. The third-order valence-electron chi connectivity index (χ3n) is 3.76. The van der Waals surface area contributed by atoms with Crippen LogP contribution in [0.3, 0.4) is 0 Å². The van der Waals surface area contributed by atoms with Crippen molar-refractivity contribution in [3.05, 3.63) is 52.7 Å². The molecule has 0 bridgehead atoms. The molecule has 3 nitrogen and oxygen atoms in total. The van der Waals surface area contributed by atoms with E-state index in [2.05, 4.69) is 71.6 Å². The van der Waals surface area contributed by atoms with Gasteiger partial charge in [-0.05, 0) is 48.9 Å². The lowest BCUT2D eigenvalue weighted by Crippen LogP contribution is -2.24. The number of fused-ring (bicyclic) bond motifs is 1. The molecule has 1 atom stereocenters. The van der Waals surface area contributed by atoms with Crippen LogP contribution in [-0.4, -0.2) is 16.3 Å². The molecule has 110 valence electrons. The van der Waals surface area contributed by atoms with Gasteiger partial charge in [0.25, 0.3) is 0 Å². The van der Waals surface area contributed by atoms with Gasteiger partial charge in [0, 0.05) is 11.2 Å². The summed E-state index contributed by atoms with van der Waals surface area (Å²) in [5.41, 5.74) is 3.67. The Kier molecular flexibility index (Phi) is 4.08. The van der Waals surface area contributed by atoms with Crippen molar-refractivity contribution < 1.29 is 0 Å². The lowest BCUT2D eigenvalue weighted by molar-refractivity contribution is 0.543. The van der Waals surface area contributed by atoms with E-state index in [0.717, 1.165) is 18.8 Å². The van der Waals surface area contributed by atoms with E-state index >= 15 is 0 Å². The van der Waals surface area contributed by atoms with Gasteiger partial charge in [0.2, 0.25) is 0 Å². The molecule has 0 aliphatic heterocycles. The van der Waals surface area contributed by atoms with Gasteiger partial charge in [0.15, 0.2) is 0 Å². The summed E-state index contributed by atoms with van der Waals surface area (Å²) in [5, 5.41) is 11.7. The normalized spacial score (nSPS) is 12.9. The second-order valence-corrected chi connectivity index (χ2v) is 6.12. The molecular weight excluding hydrogens is 278 g/mol. The van der Waals surface area contributed by atoms with E-state index in [4.69, 9.17) is 0 Å². The minimum Gasteiger partial charge on any atom is -0.305 e. The van der Waals surface area contributed by atoms with Crippen LogP contribution < -0.4 is 5.32 Å². The molecular formula is C17H21N3S. The SMILES string of the molecule is CCNC(c1cccc2ccsc12)c1cc(C)nn1CC. The summed E-state index contributed by atoms with van der Waals surface area (Å²) >= 11 is 1.81. The standard InChI is InChI=1S/C17H21N3S/c1-4-18-16(15-11-12(3)19-20(15)5-2)14-8-6-7-13-9-10-21-17(13)14/h6-11,16,18H,4-5H2,1-3H3. The number of hydrogen-bond donors (Lipinski definition) is 1. The van der Waals surface area contributed by atoms with Crippen molar-refractivity contribution >= 4 is 21.4 Å². The first kappa shape index (κ1) is 14.3. The maximum Gasteiger partial charge on any atom is 0.0762 e. The summed E-state index contributed by atoms with van der Waals surface area (Å²) < 4.78 is 3.47.